The maximum atomic E-state index is 12.1. The quantitative estimate of drug-likeness (QED) is 0.789. The molecule has 1 atom stereocenters. The first-order valence-corrected chi connectivity index (χ1v) is 6.96. The van der Waals surface area contributed by atoms with Gasteiger partial charge in [-0.1, -0.05) is 30.3 Å². The van der Waals surface area contributed by atoms with Crippen LogP contribution in [0.15, 0.2) is 48.5 Å². The van der Waals surface area contributed by atoms with Gasteiger partial charge in [-0.15, -0.1) is 0 Å². The number of carbonyl (C=O) groups excluding carboxylic acids is 1. The molecule has 4 heteroatoms. The van der Waals surface area contributed by atoms with Crippen molar-refractivity contribution in [3.8, 4) is 5.75 Å². The van der Waals surface area contributed by atoms with E-state index in [0.29, 0.717) is 18.5 Å². The lowest BCUT2D eigenvalue weighted by Gasteiger charge is -2.13. The number of nitrogens with two attached hydrogens (primary N) is 1. The molecule has 4 N–H and O–H groups in total. The molecular weight excluding hydrogens is 264 g/mol. The van der Waals surface area contributed by atoms with Crippen molar-refractivity contribution in [3.05, 3.63) is 65.2 Å². The van der Waals surface area contributed by atoms with Gasteiger partial charge in [0.1, 0.15) is 5.75 Å². The molecular formula is C17H20N2O2. The van der Waals surface area contributed by atoms with Gasteiger partial charge in [-0.3, -0.25) is 4.79 Å². The second-order valence-corrected chi connectivity index (χ2v) is 5.06. The molecule has 0 spiro atoms. The summed E-state index contributed by atoms with van der Waals surface area (Å²) < 4.78 is 0. The highest BCUT2D eigenvalue weighted by Gasteiger charge is 2.10. The minimum atomic E-state index is -0.146. The summed E-state index contributed by atoms with van der Waals surface area (Å²) >= 11 is 0. The zero-order chi connectivity index (χ0) is 15.2. The molecule has 4 nitrogen and oxygen atoms in total. The number of hydrogen-bond donors (Lipinski definition) is 3. The lowest BCUT2D eigenvalue weighted by molar-refractivity contribution is 0.0952. The topological polar surface area (TPSA) is 75.3 Å². The molecule has 0 heterocycles. The highest BCUT2D eigenvalue weighted by molar-refractivity contribution is 5.95. The van der Waals surface area contributed by atoms with Crippen LogP contribution in [0.4, 0.5) is 0 Å². The fourth-order valence-corrected chi connectivity index (χ4v) is 2.21. The molecule has 21 heavy (non-hydrogen) atoms. The Labute approximate surface area is 124 Å². The van der Waals surface area contributed by atoms with E-state index in [4.69, 9.17) is 5.73 Å². The Morgan fingerprint density at radius 2 is 1.95 bits per heavy atom. The van der Waals surface area contributed by atoms with Crippen molar-refractivity contribution >= 4 is 5.91 Å². The van der Waals surface area contributed by atoms with E-state index in [2.05, 4.69) is 5.32 Å². The number of nitrogens with one attached hydrogen (secondary N) is 1. The molecule has 0 aliphatic carbocycles. The highest BCUT2D eigenvalue weighted by Crippen LogP contribution is 2.16. The first-order chi connectivity index (χ1) is 10.1. The van der Waals surface area contributed by atoms with E-state index < -0.39 is 0 Å². The number of benzene rings is 2. The van der Waals surface area contributed by atoms with Crippen molar-refractivity contribution in [3.63, 3.8) is 0 Å². The Hall–Kier alpha value is -2.33. The molecule has 0 bridgehead atoms. The first kappa shape index (κ1) is 15.1. The van der Waals surface area contributed by atoms with Crippen molar-refractivity contribution in [1.82, 2.24) is 5.32 Å². The molecule has 0 radical (unpaired) electrons. The van der Waals surface area contributed by atoms with Crippen LogP contribution in [0.3, 0.4) is 0 Å². The van der Waals surface area contributed by atoms with Gasteiger partial charge in [-0.25, -0.2) is 0 Å². The van der Waals surface area contributed by atoms with Crippen molar-refractivity contribution in [2.45, 2.75) is 19.4 Å². The minimum Gasteiger partial charge on any atom is -0.508 e. The van der Waals surface area contributed by atoms with E-state index >= 15 is 0 Å². The number of amides is 1. The third-order valence-corrected chi connectivity index (χ3v) is 3.42. The Kier molecular flexibility index (Phi) is 4.95. The molecule has 0 saturated carbocycles. The summed E-state index contributed by atoms with van der Waals surface area (Å²) in [6.45, 7) is 2.31. The third-order valence-electron chi connectivity index (χ3n) is 3.42. The number of carbonyl (C=O) groups is 1. The summed E-state index contributed by atoms with van der Waals surface area (Å²) in [7, 11) is 0. The van der Waals surface area contributed by atoms with Gasteiger partial charge in [-0.05, 0) is 42.7 Å². The molecule has 1 amide bonds. The fraction of sp³-hybridized carbons (Fsp3) is 0.235. The Balaban J connectivity index is 1.87. The van der Waals surface area contributed by atoms with Gasteiger partial charge in [-0.2, -0.15) is 0 Å². The van der Waals surface area contributed by atoms with Gasteiger partial charge in [0.2, 0.25) is 0 Å². The molecule has 2 aromatic carbocycles. The van der Waals surface area contributed by atoms with Crippen molar-refractivity contribution in [2.24, 2.45) is 5.73 Å². The van der Waals surface area contributed by atoms with Crippen LogP contribution < -0.4 is 11.1 Å². The van der Waals surface area contributed by atoms with Gasteiger partial charge in [0.25, 0.3) is 5.91 Å². The van der Waals surface area contributed by atoms with Crippen LogP contribution in [-0.4, -0.2) is 17.6 Å². The average molecular weight is 284 g/mol. The van der Waals surface area contributed by atoms with Gasteiger partial charge in [0, 0.05) is 18.2 Å². The number of aromatic hydroxyl groups is 1. The second-order valence-electron chi connectivity index (χ2n) is 5.06. The summed E-state index contributed by atoms with van der Waals surface area (Å²) in [5, 5.41) is 12.2. The minimum absolute atomic E-state index is 0.0904. The van der Waals surface area contributed by atoms with E-state index in [-0.39, 0.29) is 17.7 Å². The smallest absolute Gasteiger partial charge is 0.251 e. The Bertz CT molecular complexity index is 611. The van der Waals surface area contributed by atoms with Gasteiger partial charge >= 0.3 is 0 Å². The van der Waals surface area contributed by atoms with Crippen molar-refractivity contribution < 1.29 is 9.90 Å². The second kappa shape index (κ2) is 6.90. The van der Waals surface area contributed by atoms with Crippen LogP contribution in [0.5, 0.6) is 5.75 Å². The standard InChI is InChI=1S/C17H20N2O2/c1-12-11-14(20)7-8-15(12)17(21)19-10-9-16(18)13-5-3-2-4-6-13/h2-8,11,16,20H,9-10,18H2,1H3,(H,19,21). The number of rotatable bonds is 5. The summed E-state index contributed by atoms with van der Waals surface area (Å²) in [5.41, 5.74) is 8.47. The number of phenols is 1. The van der Waals surface area contributed by atoms with Crippen LogP contribution in [0, 0.1) is 6.92 Å². The largest absolute Gasteiger partial charge is 0.508 e. The molecule has 2 rings (SSSR count). The Morgan fingerprint density at radius 3 is 2.62 bits per heavy atom. The molecule has 0 aliphatic rings. The Morgan fingerprint density at radius 1 is 1.24 bits per heavy atom. The van der Waals surface area contributed by atoms with Crippen LogP contribution in [0.2, 0.25) is 0 Å². The maximum Gasteiger partial charge on any atom is 0.251 e. The van der Waals surface area contributed by atoms with E-state index in [9.17, 15) is 9.90 Å². The van der Waals surface area contributed by atoms with Gasteiger partial charge in [0.15, 0.2) is 0 Å². The SMILES string of the molecule is Cc1cc(O)ccc1C(=O)NCCC(N)c1ccccc1. The van der Waals surface area contributed by atoms with Crippen LogP contribution in [0.25, 0.3) is 0 Å². The maximum absolute atomic E-state index is 12.1. The van der Waals surface area contributed by atoms with Crippen molar-refractivity contribution in [1.29, 1.82) is 0 Å². The molecule has 110 valence electrons. The third kappa shape index (κ3) is 4.07. The summed E-state index contributed by atoms with van der Waals surface area (Å²) in [6.07, 6.45) is 0.673. The van der Waals surface area contributed by atoms with E-state index in [1.807, 2.05) is 30.3 Å². The van der Waals surface area contributed by atoms with Gasteiger partial charge < -0.3 is 16.2 Å². The van der Waals surface area contributed by atoms with Crippen LogP contribution in [-0.2, 0) is 0 Å². The predicted octanol–water partition coefficient (Wildman–Crippen LogP) is 2.52. The van der Waals surface area contributed by atoms with E-state index in [1.54, 1.807) is 19.1 Å². The monoisotopic (exact) mass is 284 g/mol. The molecule has 0 aromatic heterocycles. The van der Waals surface area contributed by atoms with E-state index in [1.165, 1.54) is 6.07 Å². The highest BCUT2D eigenvalue weighted by atomic mass is 16.3. The lowest BCUT2D eigenvalue weighted by Crippen LogP contribution is -2.27. The summed E-state index contributed by atoms with van der Waals surface area (Å²) in [6, 6.07) is 14.4. The van der Waals surface area contributed by atoms with Crippen molar-refractivity contribution in [2.75, 3.05) is 6.54 Å². The number of hydrogen-bond acceptors (Lipinski definition) is 3. The van der Waals surface area contributed by atoms with E-state index in [0.717, 1.165) is 11.1 Å². The van der Waals surface area contributed by atoms with Gasteiger partial charge in [0.05, 0.1) is 0 Å². The predicted molar refractivity (Wildman–Crippen MR) is 83.2 cm³/mol. The number of phenolic OH excluding ortho intramolecular Hbond substituents is 1. The zero-order valence-corrected chi connectivity index (χ0v) is 12.0. The summed E-state index contributed by atoms with van der Waals surface area (Å²) in [4.78, 5) is 12.1. The molecule has 1 unspecified atom stereocenters. The molecule has 0 saturated heterocycles. The first-order valence-electron chi connectivity index (χ1n) is 6.96. The molecule has 0 fully saturated rings. The lowest BCUT2D eigenvalue weighted by atomic mass is 10.0. The molecule has 2 aromatic rings. The zero-order valence-electron chi connectivity index (χ0n) is 12.0. The van der Waals surface area contributed by atoms with Crippen LogP contribution in [0.1, 0.15) is 33.9 Å². The van der Waals surface area contributed by atoms with Crippen LogP contribution >= 0.6 is 0 Å². The number of aryl methyl sites for hydroxylation is 1. The molecule has 0 aliphatic heterocycles. The average Bonchev–Trinajstić information content (AvgIpc) is 2.47. The summed E-state index contributed by atoms with van der Waals surface area (Å²) in [5.74, 6) is 0.0166. The fourth-order valence-electron chi connectivity index (χ4n) is 2.21. The normalized spacial score (nSPS) is 11.9.